The molecule has 0 heterocycles. The average Bonchev–Trinajstić information content (AvgIpc) is 3.19. The zero-order valence-corrected chi connectivity index (χ0v) is 34.9. The van der Waals surface area contributed by atoms with E-state index in [9.17, 15) is 14.4 Å². The maximum atomic E-state index is 10.7. The number of carbonyl (C=O) groups is 3. The molecule has 0 aliphatic rings. The summed E-state index contributed by atoms with van der Waals surface area (Å²) in [4.78, 5) is 32.1. The van der Waals surface area contributed by atoms with Gasteiger partial charge in [-0.15, -0.1) is 6.58 Å². The summed E-state index contributed by atoms with van der Waals surface area (Å²) in [7, 11) is 0. The SMILES string of the molecule is C=CC(=O)OCCOCCCCCCCCC.C=CC(=O)OCCOCCCCCCCCCC.C=CCCCCCCCCCOCCOC(=O)C=C. The van der Waals surface area contributed by atoms with E-state index in [-0.39, 0.29) is 17.9 Å². The summed E-state index contributed by atoms with van der Waals surface area (Å²) in [6, 6.07) is 0. The Kier molecular flexibility index (Phi) is 53.9. The first-order valence-electron chi connectivity index (χ1n) is 21.1. The van der Waals surface area contributed by atoms with Gasteiger partial charge in [-0.3, -0.25) is 0 Å². The molecule has 9 nitrogen and oxygen atoms in total. The molecule has 0 aliphatic carbocycles. The van der Waals surface area contributed by atoms with Crippen LogP contribution in [0.25, 0.3) is 0 Å². The predicted octanol–water partition coefficient (Wildman–Crippen LogP) is 11.4. The van der Waals surface area contributed by atoms with Crippen molar-refractivity contribution in [2.45, 2.75) is 162 Å². The quantitative estimate of drug-likeness (QED) is 0.0199. The summed E-state index contributed by atoms with van der Waals surface area (Å²) >= 11 is 0. The number of hydrogen-bond donors (Lipinski definition) is 0. The fourth-order valence-electron chi connectivity index (χ4n) is 4.96. The molecule has 0 aromatic carbocycles. The Labute approximate surface area is 331 Å². The van der Waals surface area contributed by atoms with Crippen LogP contribution in [-0.2, 0) is 42.8 Å². The molecule has 54 heavy (non-hydrogen) atoms. The van der Waals surface area contributed by atoms with Crippen LogP contribution in [-0.4, -0.2) is 77.4 Å². The van der Waals surface area contributed by atoms with E-state index in [2.05, 4.69) is 40.2 Å². The molecule has 0 N–H and O–H groups in total. The van der Waals surface area contributed by atoms with E-state index >= 15 is 0 Å². The molecule has 0 aromatic rings. The fraction of sp³-hybridized carbons (Fsp3) is 0.756. The molecule has 0 saturated heterocycles. The minimum Gasteiger partial charge on any atom is -0.460 e. The second-order valence-electron chi connectivity index (χ2n) is 13.1. The van der Waals surface area contributed by atoms with Gasteiger partial charge in [0.05, 0.1) is 19.8 Å². The molecular formula is C45H82O9. The van der Waals surface area contributed by atoms with Crippen LogP contribution in [0.1, 0.15) is 162 Å². The molecule has 0 saturated carbocycles. The van der Waals surface area contributed by atoms with Crippen LogP contribution in [0.15, 0.2) is 50.6 Å². The Morgan fingerprint density at radius 1 is 0.352 bits per heavy atom. The zero-order valence-electron chi connectivity index (χ0n) is 34.9. The first kappa shape index (κ1) is 55.6. The minimum absolute atomic E-state index is 0.314. The van der Waals surface area contributed by atoms with Crippen LogP contribution in [0.2, 0.25) is 0 Å². The van der Waals surface area contributed by atoms with E-state index < -0.39 is 0 Å². The van der Waals surface area contributed by atoms with Crippen molar-refractivity contribution in [2.24, 2.45) is 0 Å². The lowest BCUT2D eigenvalue weighted by Gasteiger charge is -2.04. The van der Waals surface area contributed by atoms with Gasteiger partial charge in [0.2, 0.25) is 0 Å². The highest BCUT2D eigenvalue weighted by atomic mass is 16.6. The van der Waals surface area contributed by atoms with Crippen molar-refractivity contribution in [1.29, 1.82) is 0 Å². The van der Waals surface area contributed by atoms with Gasteiger partial charge in [-0.2, -0.15) is 0 Å². The Balaban J connectivity index is -0.000000724. The largest absolute Gasteiger partial charge is 0.460 e. The van der Waals surface area contributed by atoms with Gasteiger partial charge in [0, 0.05) is 38.0 Å². The van der Waals surface area contributed by atoms with Crippen LogP contribution in [0, 0.1) is 0 Å². The summed E-state index contributed by atoms with van der Waals surface area (Å²) in [5.74, 6) is -1.16. The number of unbranched alkanes of at least 4 members (excludes halogenated alkanes) is 20. The molecule has 0 spiro atoms. The molecule has 316 valence electrons. The molecule has 0 atom stereocenters. The lowest BCUT2D eigenvalue weighted by atomic mass is 10.1. The Morgan fingerprint density at radius 2 is 0.611 bits per heavy atom. The van der Waals surface area contributed by atoms with Gasteiger partial charge in [0.25, 0.3) is 0 Å². The van der Waals surface area contributed by atoms with Gasteiger partial charge in [0.1, 0.15) is 19.8 Å². The number of hydrogen-bond acceptors (Lipinski definition) is 9. The first-order valence-corrected chi connectivity index (χ1v) is 21.1. The van der Waals surface area contributed by atoms with Crippen molar-refractivity contribution in [3.63, 3.8) is 0 Å². The minimum atomic E-state index is -0.389. The van der Waals surface area contributed by atoms with Gasteiger partial charge in [-0.05, 0) is 32.1 Å². The maximum Gasteiger partial charge on any atom is 0.330 e. The lowest BCUT2D eigenvalue weighted by Crippen LogP contribution is -2.08. The normalized spacial score (nSPS) is 10.2. The molecule has 0 radical (unpaired) electrons. The fourth-order valence-corrected chi connectivity index (χ4v) is 4.96. The summed E-state index contributed by atoms with van der Waals surface area (Å²) in [5, 5.41) is 0. The van der Waals surface area contributed by atoms with Gasteiger partial charge < -0.3 is 28.4 Å². The maximum absolute atomic E-state index is 10.7. The third-order valence-corrected chi connectivity index (χ3v) is 8.15. The molecule has 0 rings (SSSR count). The second-order valence-corrected chi connectivity index (χ2v) is 13.1. The number of rotatable bonds is 39. The average molecular weight is 767 g/mol. The van der Waals surface area contributed by atoms with E-state index in [0.29, 0.717) is 39.6 Å². The summed E-state index contributed by atoms with van der Waals surface area (Å²) in [6.45, 7) is 22.8. The second kappa shape index (κ2) is 52.4. The number of allylic oxidation sites excluding steroid dienone is 1. The van der Waals surface area contributed by atoms with Crippen molar-refractivity contribution >= 4 is 17.9 Å². The smallest absolute Gasteiger partial charge is 0.330 e. The summed E-state index contributed by atoms with van der Waals surface area (Å²) < 4.78 is 30.4. The lowest BCUT2D eigenvalue weighted by molar-refractivity contribution is -0.140. The molecule has 0 unspecified atom stereocenters. The van der Waals surface area contributed by atoms with E-state index in [1.807, 2.05) is 6.08 Å². The number of carbonyl (C=O) groups excluding carboxylic acids is 3. The number of esters is 3. The van der Waals surface area contributed by atoms with Crippen LogP contribution >= 0.6 is 0 Å². The van der Waals surface area contributed by atoms with Crippen LogP contribution < -0.4 is 0 Å². The molecule has 0 amide bonds. The van der Waals surface area contributed by atoms with Gasteiger partial charge in [0.15, 0.2) is 0 Å². The van der Waals surface area contributed by atoms with Crippen molar-refractivity contribution in [1.82, 2.24) is 0 Å². The molecule has 0 aliphatic heterocycles. The molecule has 0 bridgehead atoms. The topological polar surface area (TPSA) is 107 Å². The summed E-state index contributed by atoms with van der Waals surface area (Å²) in [5.41, 5.74) is 0. The van der Waals surface area contributed by atoms with Crippen molar-refractivity contribution in [2.75, 3.05) is 59.5 Å². The van der Waals surface area contributed by atoms with Gasteiger partial charge in [-0.25, -0.2) is 14.4 Å². The van der Waals surface area contributed by atoms with Crippen LogP contribution in [0.4, 0.5) is 0 Å². The van der Waals surface area contributed by atoms with Crippen LogP contribution in [0.5, 0.6) is 0 Å². The highest BCUT2D eigenvalue weighted by molar-refractivity contribution is 5.81. The monoisotopic (exact) mass is 767 g/mol. The standard InChI is InChI=1S/C16H28O3.C15H28O3.C14H26O3/c1-3-5-6-7-8-9-10-11-12-13-18-14-15-19-16(17)4-2;1-3-5-6-7-8-9-10-11-12-17-13-14-18-15(16)4-2;1-3-5-6-7-8-9-10-11-16-12-13-17-14(15)4-2/h3-4H,1-2,5-15H2;4H,2-3,5-14H2,1H3;4H,2-3,5-13H2,1H3. The van der Waals surface area contributed by atoms with Crippen molar-refractivity contribution in [3.8, 4) is 0 Å². The highest BCUT2D eigenvalue weighted by Gasteiger charge is 1.98. The van der Waals surface area contributed by atoms with E-state index in [1.54, 1.807) is 0 Å². The predicted molar refractivity (Wildman–Crippen MR) is 224 cm³/mol. The Bertz CT molecular complexity index is 843. The zero-order chi connectivity index (χ0) is 40.4. The highest BCUT2D eigenvalue weighted by Crippen LogP contribution is 2.10. The summed E-state index contributed by atoms with van der Waals surface area (Å²) in [6.07, 6.45) is 34.8. The molecular weight excluding hydrogens is 684 g/mol. The third-order valence-electron chi connectivity index (χ3n) is 8.15. The van der Waals surface area contributed by atoms with E-state index in [1.165, 1.54) is 128 Å². The van der Waals surface area contributed by atoms with Crippen molar-refractivity contribution in [3.05, 3.63) is 50.6 Å². The Morgan fingerprint density at radius 3 is 0.870 bits per heavy atom. The van der Waals surface area contributed by atoms with Crippen LogP contribution in [0.3, 0.4) is 0 Å². The van der Waals surface area contributed by atoms with E-state index in [0.717, 1.165) is 57.7 Å². The van der Waals surface area contributed by atoms with E-state index in [4.69, 9.17) is 28.4 Å². The van der Waals surface area contributed by atoms with Gasteiger partial charge >= 0.3 is 17.9 Å². The Hall–Kier alpha value is -2.75. The first-order chi connectivity index (χ1) is 26.4. The third kappa shape index (κ3) is 56.0. The molecule has 0 fully saturated rings. The van der Waals surface area contributed by atoms with Crippen molar-refractivity contribution < 1.29 is 42.8 Å². The molecule has 0 aromatic heterocycles. The molecule has 9 heteroatoms. The van der Waals surface area contributed by atoms with Gasteiger partial charge in [-0.1, -0.05) is 155 Å². The number of ether oxygens (including phenoxy) is 6.